The van der Waals surface area contributed by atoms with Crippen LogP contribution in [0.5, 0.6) is 11.5 Å². The second-order valence-corrected chi connectivity index (χ2v) is 3.92. The van der Waals surface area contributed by atoms with E-state index < -0.39 is 11.7 Å². The van der Waals surface area contributed by atoms with Crippen LogP contribution in [-0.2, 0) is 0 Å². The summed E-state index contributed by atoms with van der Waals surface area (Å²) in [5.41, 5.74) is 2.74. The molecule has 0 aromatic heterocycles. The largest absolute Gasteiger partial charge is 0.504 e. The van der Waals surface area contributed by atoms with Gasteiger partial charge in [0.1, 0.15) is 5.82 Å². The number of amides is 1. The highest BCUT2D eigenvalue weighted by Gasteiger charge is 2.05. The molecule has 0 fully saturated rings. The van der Waals surface area contributed by atoms with Gasteiger partial charge in [-0.15, -0.1) is 0 Å². The fourth-order valence-electron chi connectivity index (χ4n) is 1.48. The molecular weight excluding hydrogens is 263 g/mol. The first-order valence-electron chi connectivity index (χ1n) is 5.68. The minimum Gasteiger partial charge on any atom is -0.504 e. The normalized spacial score (nSPS) is 10.7. The Labute approximate surface area is 114 Å². The fraction of sp³-hybridized carbons (Fsp3) is 0. The lowest BCUT2D eigenvalue weighted by atomic mass is 10.2. The summed E-state index contributed by atoms with van der Waals surface area (Å²) in [4.78, 5) is 11.6. The minimum absolute atomic E-state index is 0.253. The van der Waals surface area contributed by atoms with E-state index in [-0.39, 0.29) is 22.6 Å². The molecule has 102 valence electrons. The Hall–Kier alpha value is -2.89. The smallest absolute Gasteiger partial charge is 0.271 e. The third kappa shape index (κ3) is 3.11. The third-order valence-electron chi connectivity index (χ3n) is 2.52. The van der Waals surface area contributed by atoms with Crippen LogP contribution in [-0.4, -0.2) is 22.3 Å². The van der Waals surface area contributed by atoms with Gasteiger partial charge in [-0.1, -0.05) is 6.07 Å². The number of carbonyl (C=O) groups excluding carboxylic acids is 1. The van der Waals surface area contributed by atoms with Gasteiger partial charge >= 0.3 is 0 Å². The number of carbonyl (C=O) groups is 1. The molecule has 0 atom stereocenters. The van der Waals surface area contributed by atoms with Crippen LogP contribution in [0.1, 0.15) is 15.9 Å². The van der Waals surface area contributed by atoms with Crippen LogP contribution in [0.15, 0.2) is 47.6 Å². The number of hydrogen-bond acceptors (Lipinski definition) is 4. The first-order valence-corrected chi connectivity index (χ1v) is 5.68. The molecule has 0 aliphatic heterocycles. The Morgan fingerprint density at radius 3 is 2.55 bits per heavy atom. The Kier molecular flexibility index (Phi) is 3.95. The highest BCUT2D eigenvalue weighted by Crippen LogP contribution is 2.26. The molecule has 0 bridgehead atoms. The van der Waals surface area contributed by atoms with Crippen LogP contribution in [0.2, 0.25) is 0 Å². The zero-order chi connectivity index (χ0) is 14.5. The zero-order valence-corrected chi connectivity index (χ0v) is 10.2. The van der Waals surface area contributed by atoms with Gasteiger partial charge in [-0.2, -0.15) is 5.10 Å². The molecule has 6 heteroatoms. The average molecular weight is 274 g/mol. The predicted octanol–water partition coefficient (Wildman–Crippen LogP) is 2.00. The van der Waals surface area contributed by atoms with Crippen LogP contribution in [0.25, 0.3) is 0 Å². The van der Waals surface area contributed by atoms with Crippen LogP contribution in [0.3, 0.4) is 0 Å². The van der Waals surface area contributed by atoms with Crippen LogP contribution < -0.4 is 5.43 Å². The van der Waals surface area contributed by atoms with Crippen molar-refractivity contribution in [3.8, 4) is 11.5 Å². The molecule has 0 spiro atoms. The van der Waals surface area contributed by atoms with Crippen molar-refractivity contribution < 1.29 is 19.4 Å². The number of benzene rings is 2. The van der Waals surface area contributed by atoms with Crippen molar-refractivity contribution in [3.05, 3.63) is 59.4 Å². The van der Waals surface area contributed by atoms with E-state index in [2.05, 4.69) is 10.5 Å². The number of phenols is 2. The third-order valence-corrected chi connectivity index (χ3v) is 2.52. The van der Waals surface area contributed by atoms with Gasteiger partial charge in [0.15, 0.2) is 11.5 Å². The van der Waals surface area contributed by atoms with Crippen molar-refractivity contribution in [1.82, 2.24) is 5.43 Å². The average Bonchev–Trinajstić information content (AvgIpc) is 2.44. The lowest BCUT2D eigenvalue weighted by molar-refractivity contribution is 0.0955. The number of hydrogen-bond donors (Lipinski definition) is 3. The number of hydrazone groups is 1. The molecule has 0 heterocycles. The topological polar surface area (TPSA) is 81.9 Å². The van der Waals surface area contributed by atoms with E-state index in [0.29, 0.717) is 0 Å². The van der Waals surface area contributed by atoms with Gasteiger partial charge in [-0.05, 0) is 36.4 Å². The summed E-state index contributed by atoms with van der Waals surface area (Å²) in [6.45, 7) is 0. The molecule has 0 saturated heterocycles. The van der Waals surface area contributed by atoms with Gasteiger partial charge in [0.2, 0.25) is 0 Å². The summed E-state index contributed by atoms with van der Waals surface area (Å²) < 4.78 is 12.7. The van der Waals surface area contributed by atoms with Gasteiger partial charge in [0, 0.05) is 11.1 Å². The highest BCUT2D eigenvalue weighted by atomic mass is 19.1. The predicted molar refractivity (Wildman–Crippen MR) is 71.2 cm³/mol. The molecule has 2 aromatic carbocycles. The quantitative estimate of drug-likeness (QED) is 0.455. The van der Waals surface area contributed by atoms with E-state index in [1.54, 1.807) is 0 Å². The monoisotopic (exact) mass is 274 g/mol. The molecule has 0 aliphatic rings. The summed E-state index contributed by atoms with van der Waals surface area (Å²) in [7, 11) is 0. The Morgan fingerprint density at radius 2 is 1.85 bits per heavy atom. The van der Waals surface area contributed by atoms with Gasteiger partial charge < -0.3 is 10.2 Å². The molecule has 2 aromatic rings. The van der Waals surface area contributed by atoms with Gasteiger partial charge in [-0.3, -0.25) is 4.79 Å². The molecule has 0 saturated carbocycles. The summed E-state index contributed by atoms with van der Waals surface area (Å²) in [6, 6.07) is 9.35. The van der Waals surface area contributed by atoms with Crippen LogP contribution in [0, 0.1) is 5.82 Å². The maximum absolute atomic E-state index is 12.7. The molecule has 20 heavy (non-hydrogen) atoms. The molecular formula is C14H11FN2O3. The van der Waals surface area contributed by atoms with Crippen LogP contribution >= 0.6 is 0 Å². The first kappa shape index (κ1) is 13.5. The summed E-state index contributed by atoms with van der Waals surface area (Å²) in [5.74, 6) is -1.55. The number of phenolic OH excluding ortho intramolecular Hbond substituents is 2. The standard InChI is InChI=1S/C14H11FN2O3/c15-11-6-4-9(5-7-11)14(20)17-16-8-10-2-1-3-12(18)13(10)19/h1-8,18-19H,(H,17,20). The van der Waals surface area contributed by atoms with E-state index in [1.165, 1.54) is 48.7 Å². The van der Waals surface area contributed by atoms with Crippen LogP contribution in [0.4, 0.5) is 4.39 Å². The molecule has 2 rings (SSSR count). The number of para-hydroxylation sites is 1. The van der Waals surface area contributed by atoms with E-state index in [4.69, 9.17) is 0 Å². The molecule has 0 aliphatic carbocycles. The summed E-state index contributed by atoms with van der Waals surface area (Å²) in [6.07, 6.45) is 1.19. The Morgan fingerprint density at radius 1 is 1.15 bits per heavy atom. The molecule has 0 radical (unpaired) electrons. The second-order valence-electron chi connectivity index (χ2n) is 3.92. The molecule has 3 N–H and O–H groups in total. The Bertz CT molecular complexity index is 654. The van der Waals surface area contributed by atoms with Crippen molar-refractivity contribution >= 4 is 12.1 Å². The summed E-state index contributed by atoms with van der Waals surface area (Å²) in [5, 5.41) is 22.4. The number of halogens is 1. The lowest BCUT2D eigenvalue weighted by Gasteiger charge is -2.01. The van der Waals surface area contributed by atoms with Crippen molar-refractivity contribution in [2.24, 2.45) is 5.10 Å². The Balaban J connectivity index is 2.04. The SMILES string of the molecule is O=C(NN=Cc1cccc(O)c1O)c1ccc(F)cc1. The van der Waals surface area contributed by atoms with Crippen molar-refractivity contribution in [2.45, 2.75) is 0 Å². The van der Waals surface area contributed by atoms with Crippen molar-refractivity contribution in [3.63, 3.8) is 0 Å². The van der Waals surface area contributed by atoms with E-state index >= 15 is 0 Å². The first-order chi connectivity index (χ1) is 9.58. The van der Waals surface area contributed by atoms with E-state index in [1.807, 2.05) is 0 Å². The lowest BCUT2D eigenvalue weighted by Crippen LogP contribution is -2.17. The number of aromatic hydroxyl groups is 2. The fourth-order valence-corrected chi connectivity index (χ4v) is 1.48. The van der Waals surface area contributed by atoms with Gasteiger partial charge in [0.25, 0.3) is 5.91 Å². The number of nitrogens with zero attached hydrogens (tertiary/aromatic N) is 1. The maximum atomic E-state index is 12.7. The zero-order valence-electron chi connectivity index (χ0n) is 10.2. The van der Waals surface area contributed by atoms with Gasteiger partial charge in [-0.25, -0.2) is 9.82 Å². The molecule has 0 unspecified atom stereocenters. The highest BCUT2D eigenvalue weighted by molar-refractivity contribution is 5.95. The molecule has 1 amide bonds. The number of rotatable bonds is 3. The van der Waals surface area contributed by atoms with Crippen molar-refractivity contribution in [1.29, 1.82) is 0 Å². The minimum atomic E-state index is -0.513. The van der Waals surface area contributed by atoms with Crippen molar-refractivity contribution in [2.75, 3.05) is 0 Å². The summed E-state index contributed by atoms with van der Waals surface area (Å²) >= 11 is 0. The second kappa shape index (κ2) is 5.83. The molecule has 5 nitrogen and oxygen atoms in total. The maximum Gasteiger partial charge on any atom is 0.271 e. The van der Waals surface area contributed by atoms with E-state index in [9.17, 15) is 19.4 Å². The van der Waals surface area contributed by atoms with E-state index in [0.717, 1.165) is 0 Å². The van der Waals surface area contributed by atoms with Gasteiger partial charge in [0.05, 0.1) is 6.21 Å². The number of nitrogens with one attached hydrogen (secondary N) is 1.